The number of carboxylic acids is 2. The number of carboxylic acid groups (broad SMARTS) is 2. The molecule has 0 saturated carbocycles. The Balaban J connectivity index is 1.74. The summed E-state index contributed by atoms with van der Waals surface area (Å²) >= 11 is 1.39. The van der Waals surface area contributed by atoms with Crippen LogP contribution in [0, 0.1) is 5.92 Å². The van der Waals surface area contributed by atoms with Crippen LogP contribution in [0.1, 0.15) is 44.4 Å². The molecule has 3 aromatic rings. The smallest absolute Gasteiger partial charge is 0.326 e. The highest BCUT2D eigenvalue weighted by atomic mass is 32.2. The van der Waals surface area contributed by atoms with Crippen LogP contribution in [0.4, 0.5) is 0 Å². The Kier molecular flexibility index (Phi) is 14.6. The summed E-state index contributed by atoms with van der Waals surface area (Å²) in [6.45, 7) is 3.58. The lowest BCUT2D eigenvalue weighted by atomic mass is 9.97. The van der Waals surface area contributed by atoms with Gasteiger partial charge in [-0.25, -0.2) is 9.78 Å². The number of rotatable bonds is 20. The van der Waals surface area contributed by atoms with Crippen molar-refractivity contribution in [2.75, 3.05) is 12.0 Å². The zero-order valence-electron chi connectivity index (χ0n) is 27.5. The van der Waals surface area contributed by atoms with Crippen molar-refractivity contribution in [2.45, 2.75) is 76.2 Å². The van der Waals surface area contributed by atoms with Crippen LogP contribution in [-0.2, 0) is 41.6 Å². The van der Waals surface area contributed by atoms with Crippen LogP contribution in [0.25, 0.3) is 10.9 Å². The molecular weight excluding hydrogens is 656 g/mol. The standard InChI is InChI=1S/C32H44N8O8S/c1-4-17(2)27(40-28(43)21(33)12-19-15-34-16-36-19)31(46)37-23(9-10-49-3)29(44)38-24(13-26(41)42)30(45)39-25(32(47)48)11-18-14-35-22-8-6-5-7-20(18)22/h5-8,14-17,21,23-25,27,35H,4,9-13,33H2,1-3H3,(H,34,36)(H,37,46)(H,38,44)(H,39,45)(H,40,43)(H,41,42)(H,47,48)/t17-,21-,23-,24-,25-,27-/m0/s1. The van der Waals surface area contributed by atoms with Crippen LogP contribution in [0.5, 0.6) is 0 Å². The first-order valence-electron chi connectivity index (χ1n) is 15.8. The van der Waals surface area contributed by atoms with Crippen molar-refractivity contribution in [2.24, 2.45) is 11.7 Å². The van der Waals surface area contributed by atoms with E-state index in [1.807, 2.05) is 19.1 Å². The van der Waals surface area contributed by atoms with Gasteiger partial charge in [0, 0.05) is 36.1 Å². The number of carbonyl (C=O) groups is 6. The molecule has 1 aromatic carbocycles. The van der Waals surface area contributed by atoms with Crippen molar-refractivity contribution in [3.8, 4) is 0 Å². The second-order valence-corrected chi connectivity index (χ2v) is 12.7. The molecule has 0 aliphatic heterocycles. The molecule has 2 aromatic heterocycles. The van der Waals surface area contributed by atoms with Gasteiger partial charge in [0.2, 0.25) is 23.6 Å². The van der Waals surface area contributed by atoms with Crippen molar-refractivity contribution in [1.29, 1.82) is 0 Å². The van der Waals surface area contributed by atoms with Gasteiger partial charge in [-0.1, -0.05) is 38.5 Å². The Labute approximate surface area is 287 Å². The molecule has 3 rings (SSSR count). The van der Waals surface area contributed by atoms with Crippen molar-refractivity contribution >= 4 is 58.2 Å². The molecule has 0 unspecified atom stereocenters. The highest BCUT2D eigenvalue weighted by Gasteiger charge is 2.34. The lowest BCUT2D eigenvalue weighted by molar-refractivity contribution is -0.143. The predicted octanol–water partition coefficient (Wildman–Crippen LogP) is 0.301. The summed E-state index contributed by atoms with van der Waals surface area (Å²) in [6.07, 6.45) is 6.25. The van der Waals surface area contributed by atoms with Crippen LogP contribution < -0.4 is 27.0 Å². The van der Waals surface area contributed by atoms with Gasteiger partial charge in [0.25, 0.3) is 0 Å². The van der Waals surface area contributed by atoms with Gasteiger partial charge < -0.3 is 47.2 Å². The van der Waals surface area contributed by atoms with E-state index in [-0.39, 0.29) is 25.2 Å². The molecule has 0 fully saturated rings. The normalized spacial score (nSPS) is 14.9. The molecule has 4 amide bonds. The number of para-hydroxylation sites is 1. The van der Waals surface area contributed by atoms with E-state index in [4.69, 9.17) is 5.73 Å². The van der Waals surface area contributed by atoms with Crippen LogP contribution in [0.3, 0.4) is 0 Å². The molecule has 0 radical (unpaired) electrons. The largest absolute Gasteiger partial charge is 0.481 e. The number of benzene rings is 1. The Morgan fingerprint density at radius 1 is 0.898 bits per heavy atom. The molecule has 0 bridgehead atoms. The van der Waals surface area contributed by atoms with E-state index >= 15 is 0 Å². The molecule has 6 atom stereocenters. The quantitative estimate of drug-likeness (QED) is 0.0774. The molecule has 2 heterocycles. The van der Waals surface area contributed by atoms with Crippen molar-refractivity contribution < 1.29 is 39.0 Å². The number of nitrogens with one attached hydrogen (secondary N) is 6. The Morgan fingerprint density at radius 3 is 2.20 bits per heavy atom. The molecule has 16 nitrogen and oxygen atoms in total. The zero-order valence-corrected chi connectivity index (χ0v) is 28.3. The van der Waals surface area contributed by atoms with Crippen molar-refractivity contribution in [1.82, 2.24) is 36.2 Å². The van der Waals surface area contributed by atoms with Gasteiger partial charge in [-0.3, -0.25) is 24.0 Å². The molecule has 266 valence electrons. The maximum Gasteiger partial charge on any atom is 0.326 e. The highest BCUT2D eigenvalue weighted by molar-refractivity contribution is 7.98. The van der Waals surface area contributed by atoms with Gasteiger partial charge in [-0.15, -0.1) is 0 Å². The number of hydrogen-bond acceptors (Lipinski definition) is 9. The summed E-state index contributed by atoms with van der Waals surface area (Å²) in [7, 11) is 0. The molecule has 0 aliphatic carbocycles. The van der Waals surface area contributed by atoms with Crippen LogP contribution >= 0.6 is 11.8 Å². The number of hydrogen-bond donors (Lipinski definition) is 9. The highest BCUT2D eigenvalue weighted by Crippen LogP contribution is 2.19. The third-order valence-electron chi connectivity index (χ3n) is 8.08. The monoisotopic (exact) mass is 700 g/mol. The number of aromatic amines is 2. The fraction of sp³-hybridized carbons (Fsp3) is 0.469. The molecule has 17 heteroatoms. The first-order valence-corrected chi connectivity index (χ1v) is 17.2. The van der Waals surface area contributed by atoms with E-state index in [2.05, 4.69) is 36.2 Å². The fourth-order valence-corrected chi connectivity index (χ4v) is 5.57. The van der Waals surface area contributed by atoms with Gasteiger partial charge in [0.15, 0.2) is 0 Å². The summed E-state index contributed by atoms with van der Waals surface area (Å²) < 4.78 is 0. The maximum atomic E-state index is 13.5. The van der Waals surface area contributed by atoms with E-state index in [1.165, 1.54) is 18.1 Å². The van der Waals surface area contributed by atoms with Gasteiger partial charge >= 0.3 is 11.9 Å². The number of aliphatic carboxylic acids is 2. The summed E-state index contributed by atoms with van der Waals surface area (Å²) in [5.41, 5.74) is 8.02. The third kappa shape index (κ3) is 11.3. The van der Waals surface area contributed by atoms with Crippen molar-refractivity contribution in [3.63, 3.8) is 0 Å². The lowest BCUT2D eigenvalue weighted by Gasteiger charge is -2.28. The van der Waals surface area contributed by atoms with Gasteiger partial charge in [-0.05, 0) is 36.0 Å². The van der Waals surface area contributed by atoms with Gasteiger partial charge in [0.1, 0.15) is 24.2 Å². The van der Waals surface area contributed by atoms with E-state index in [0.717, 1.165) is 10.9 Å². The number of carbonyl (C=O) groups excluding carboxylic acids is 4. The summed E-state index contributed by atoms with van der Waals surface area (Å²) in [5, 5.41) is 30.2. The molecule has 0 aliphatic rings. The van der Waals surface area contributed by atoms with Crippen molar-refractivity contribution in [3.05, 3.63) is 54.2 Å². The number of imidazole rings is 1. The number of fused-ring (bicyclic) bond motifs is 1. The van der Waals surface area contributed by atoms with Gasteiger partial charge in [0.05, 0.1) is 24.5 Å². The average molecular weight is 701 g/mol. The molecule has 0 spiro atoms. The Hall–Kier alpha value is -4.90. The SMILES string of the molecule is CC[C@H](C)[C@H](NC(=O)[C@@H](N)Cc1c[nH]cn1)C(=O)N[C@@H](CCSC)C(=O)N[C@@H](CC(=O)O)C(=O)N[C@@H](Cc1c[nH]c2ccccc12)C(=O)O. The summed E-state index contributed by atoms with van der Waals surface area (Å²) in [4.78, 5) is 87.0. The minimum Gasteiger partial charge on any atom is -0.481 e. The molecule has 10 N–H and O–H groups in total. The maximum absolute atomic E-state index is 13.5. The second kappa shape index (κ2) is 18.6. The lowest BCUT2D eigenvalue weighted by Crippen LogP contribution is -2.60. The Morgan fingerprint density at radius 2 is 1.57 bits per heavy atom. The first-order chi connectivity index (χ1) is 23.3. The third-order valence-corrected chi connectivity index (χ3v) is 8.73. The fourth-order valence-electron chi connectivity index (χ4n) is 5.10. The van der Waals surface area contributed by atoms with Crippen LogP contribution in [0.2, 0.25) is 0 Å². The number of thioether (sulfide) groups is 1. The second-order valence-electron chi connectivity index (χ2n) is 11.7. The summed E-state index contributed by atoms with van der Waals surface area (Å²) in [6, 6.07) is 0.833. The summed E-state index contributed by atoms with van der Waals surface area (Å²) in [5.74, 6) is -5.85. The average Bonchev–Trinajstić information content (AvgIpc) is 3.73. The number of nitrogens with two attached hydrogens (primary N) is 1. The number of nitrogens with zero attached hydrogens (tertiary/aromatic N) is 1. The van der Waals surface area contributed by atoms with Crippen LogP contribution in [0.15, 0.2) is 43.0 Å². The number of H-pyrrole nitrogens is 2. The van der Waals surface area contributed by atoms with E-state index in [9.17, 15) is 39.0 Å². The topological polar surface area (TPSA) is 261 Å². The predicted molar refractivity (Wildman–Crippen MR) is 182 cm³/mol. The minimum absolute atomic E-state index is 0.109. The zero-order chi connectivity index (χ0) is 36.1. The van der Waals surface area contributed by atoms with E-state index < -0.39 is 72.2 Å². The van der Waals surface area contributed by atoms with E-state index in [1.54, 1.807) is 37.7 Å². The Bertz CT molecular complexity index is 1600. The molecule has 0 saturated heterocycles. The molecule has 49 heavy (non-hydrogen) atoms. The van der Waals surface area contributed by atoms with E-state index in [0.29, 0.717) is 23.4 Å². The van der Waals surface area contributed by atoms with Crippen LogP contribution in [-0.4, -0.2) is 103 Å². The number of aromatic nitrogens is 3. The first kappa shape index (κ1) is 38.5. The van der Waals surface area contributed by atoms with Gasteiger partial charge in [-0.2, -0.15) is 11.8 Å². The minimum atomic E-state index is -1.66. The molecular formula is C32H44N8O8S. The number of amides is 4.